The maximum Gasteiger partial charge on any atom is 0.193 e. The van der Waals surface area contributed by atoms with Crippen LogP contribution < -0.4 is 11.1 Å². The summed E-state index contributed by atoms with van der Waals surface area (Å²) in [6.45, 7) is 4.94. The highest BCUT2D eigenvalue weighted by Gasteiger charge is 2.03. The van der Waals surface area contributed by atoms with E-state index in [0.29, 0.717) is 18.4 Å². The van der Waals surface area contributed by atoms with Crippen molar-refractivity contribution >= 4 is 35.6 Å². The number of rotatable bonds is 5. The van der Waals surface area contributed by atoms with E-state index in [0.717, 1.165) is 17.8 Å². The summed E-state index contributed by atoms with van der Waals surface area (Å²) in [5.41, 5.74) is 9.22. The van der Waals surface area contributed by atoms with Crippen LogP contribution in [0.1, 0.15) is 37.4 Å². The molecule has 0 aliphatic carbocycles. The molecule has 22 heavy (non-hydrogen) atoms. The standard InChI is InChI=1S/C16H23N5.HI/c1-4-12(2)13-5-7-14(8-6-13)20-16(17)18-11-15-9-10-19-21(15)3;/h5-10,12H,4,11H2,1-3H3,(H3,17,18,20);1H. The number of aromatic nitrogens is 2. The number of aliphatic imine (C=N–C) groups is 1. The number of guanidine groups is 1. The van der Waals surface area contributed by atoms with Crippen molar-refractivity contribution in [2.24, 2.45) is 17.8 Å². The lowest BCUT2D eigenvalue weighted by Gasteiger charge is -2.10. The molecule has 5 nitrogen and oxygen atoms in total. The molecule has 0 fully saturated rings. The van der Waals surface area contributed by atoms with Gasteiger partial charge in [-0.1, -0.05) is 26.0 Å². The highest BCUT2D eigenvalue weighted by Crippen LogP contribution is 2.20. The van der Waals surface area contributed by atoms with Gasteiger partial charge in [0.2, 0.25) is 0 Å². The molecule has 0 spiro atoms. The van der Waals surface area contributed by atoms with Crippen LogP contribution in [0.4, 0.5) is 5.69 Å². The van der Waals surface area contributed by atoms with Gasteiger partial charge in [-0.2, -0.15) is 5.10 Å². The maximum absolute atomic E-state index is 5.91. The van der Waals surface area contributed by atoms with Crippen molar-refractivity contribution in [3.63, 3.8) is 0 Å². The summed E-state index contributed by atoms with van der Waals surface area (Å²) in [5, 5.41) is 7.21. The zero-order valence-corrected chi connectivity index (χ0v) is 15.6. The van der Waals surface area contributed by atoms with Crippen molar-refractivity contribution in [3.8, 4) is 0 Å². The Labute approximate surface area is 149 Å². The molecule has 1 unspecified atom stereocenters. The van der Waals surface area contributed by atoms with Gasteiger partial charge >= 0.3 is 0 Å². The van der Waals surface area contributed by atoms with Crippen LogP contribution in [0, 0.1) is 0 Å². The van der Waals surface area contributed by atoms with Gasteiger partial charge in [0, 0.05) is 18.9 Å². The zero-order chi connectivity index (χ0) is 15.2. The van der Waals surface area contributed by atoms with Gasteiger partial charge < -0.3 is 11.1 Å². The van der Waals surface area contributed by atoms with Crippen molar-refractivity contribution in [1.82, 2.24) is 9.78 Å². The molecule has 2 aromatic rings. The Kier molecular flexibility index (Phi) is 7.37. The van der Waals surface area contributed by atoms with Crippen molar-refractivity contribution < 1.29 is 0 Å². The van der Waals surface area contributed by atoms with Crippen molar-refractivity contribution in [2.45, 2.75) is 32.7 Å². The molecule has 3 N–H and O–H groups in total. The number of anilines is 1. The Morgan fingerprint density at radius 2 is 2.00 bits per heavy atom. The predicted molar refractivity (Wildman–Crippen MR) is 103 cm³/mol. The number of nitrogens with one attached hydrogen (secondary N) is 1. The second-order valence-electron chi connectivity index (χ2n) is 5.20. The molecule has 0 radical (unpaired) electrons. The third-order valence-corrected chi connectivity index (χ3v) is 3.70. The number of aryl methyl sites for hydroxylation is 1. The average Bonchev–Trinajstić information content (AvgIpc) is 2.90. The second kappa shape index (κ2) is 8.77. The summed E-state index contributed by atoms with van der Waals surface area (Å²) < 4.78 is 1.79. The molecule has 0 bridgehead atoms. The highest BCUT2D eigenvalue weighted by atomic mass is 127. The highest BCUT2D eigenvalue weighted by molar-refractivity contribution is 14.0. The van der Waals surface area contributed by atoms with Crippen molar-refractivity contribution in [1.29, 1.82) is 0 Å². The molecule has 6 heteroatoms. The summed E-state index contributed by atoms with van der Waals surface area (Å²) >= 11 is 0. The molecule has 0 amide bonds. The molecule has 0 saturated carbocycles. The van der Waals surface area contributed by atoms with E-state index < -0.39 is 0 Å². The SMILES string of the molecule is CCC(C)c1ccc(NC(N)=NCc2ccnn2C)cc1.I. The molecule has 1 atom stereocenters. The lowest BCUT2D eigenvalue weighted by Crippen LogP contribution is -2.22. The minimum Gasteiger partial charge on any atom is -0.370 e. The van der Waals surface area contributed by atoms with Crippen LogP contribution in [0.15, 0.2) is 41.5 Å². The largest absolute Gasteiger partial charge is 0.370 e. The van der Waals surface area contributed by atoms with Crippen LogP contribution in [0.25, 0.3) is 0 Å². The lowest BCUT2D eigenvalue weighted by atomic mass is 9.99. The predicted octanol–water partition coefficient (Wildman–Crippen LogP) is 3.48. The van der Waals surface area contributed by atoms with E-state index in [9.17, 15) is 0 Å². The molecular formula is C16H24IN5. The van der Waals surface area contributed by atoms with Gasteiger partial charge in [-0.3, -0.25) is 4.68 Å². The average molecular weight is 413 g/mol. The molecule has 0 aliphatic rings. The Balaban J connectivity index is 0.00000242. The Bertz CT molecular complexity index is 603. The summed E-state index contributed by atoms with van der Waals surface area (Å²) in [7, 11) is 1.89. The van der Waals surface area contributed by atoms with E-state index in [2.05, 4.69) is 41.4 Å². The third kappa shape index (κ3) is 5.01. The van der Waals surface area contributed by atoms with Gasteiger partial charge in [0.25, 0.3) is 0 Å². The minimum atomic E-state index is 0. The quantitative estimate of drug-likeness (QED) is 0.448. The van der Waals surface area contributed by atoms with Gasteiger partial charge in [0.05, 0.1) is 12.2 Å². The molecular weight excluding hydrogens is 389 g/mol. The van der Waals surface area contributed by atoms with E-state index >= 15 is 0 Å². The second-order valence-corrected chi connectivity index (χ2v) is 5.20. The monoisotopic (exact) mass is 413 g/mol. The van der Waals surface area contributed by atoms with Gasteiger partial charge in [-0.05, 0) is 36.1 Å². The first-order chi connectivity index (χ1) is 10.1. The van der Waals surface area contributed by atoms with E-state index in [-0.39, 0.29) is 24.0 Å². The lowest BCUT2D eigenvalue weighted by molar-refractivity contribution is 0.712. The number of halogens is 1. The zero-order valence-electron chi connectivity index (χ0n) is 13.3. The summed E-state index contributed by atoms with van der Waals surface area (Å²) in [5.74, 6) is 0.988. The van der Waals surface area contributed by atoms with Crippen LogP contribution in [-0.2, 0) is 13.6 Å². The first kappa shape index (κ1) is 18.5. The van der Waals surface area contributed by atoms with E-state index in [4.69, 9.17) is 5.73 Å². The van der Waals surface area contributed by atoms with Gasteiger partial charge in [-0.15, -0.1) is 24.0 Å². The molecule has 1 aromatic heterocycles. The molecule has 2 rings (SSSR count). The molecule has 0 aliphatic heterocycles. The van der Waals surface area contributed by atoms with E-state index in [1.807, 2.05) is 25.2 Å². The fourth-order valence-electron chi connectivity index (χ4n) is 2.04. The molecule has 0 saturated heterocycles. The summed E-state index contributed by atoms with van der Waals surface area (Å²) in [6, 6.07) is 10.3. The van der Waals surface area contributed by atoms with Gasteiger partial charge in [0.15, 0.2) is 5.96 Å². The number of nitrogens with zero attached hydrogens (tertiary/aromatic N) is 3. The summed E-state index contributed by atoms with van der Waals surface area (Å²) in [4.78, 5) is 4.32. The Morgan fingerprint density at radius 3 is 2.55 bits per heavy atom. The third-order valence-electron chi connectivity index (χ3n) is 3.70. The Hall–Kier alpha value is -1.57. The topological polar surface area (TPSA) is 68.2 Å². The Morgan fingerprint density at radius 1 is 1.32 bits per heavy atom. The molecule has 120 valence electrons. The van der Waals surface area contributed by atoms with Crippen LogP contribution in [-0.4, -0.2) is 15.7 Å². The normalized spacial score (nSPS) is 12.6. The van der Waals surface area contributed by atoms with Crippen LogP contribution in [0.2, 0.25) is 0 Å². The van der Waals surface area contributed by atoms with E-state index in [1.165, 1.54) is 5.56 Å². The van der Waals surface area contributed by atoms with Crippen LogP contribution >= 0.6 is 24.0 Å². The molecule has 1 heterocycles. The number of benzene rings is 1. The smallest absolute Gasteiger partial charge is 0.193 e. The first-order valence-electron chi connectivity index (χ1n) is 7.24. The minimum absolute atomic E-state index is 0. The maximum atomic E-state index is 5.91. The number of hydrogen-bond donors (Lipinski definition) is 2. The number of hydrogen-bond acceptors (Lipinski definition) is 2. The van der Waals surface area contributed by atoms with Gasteiger partial charge in [0.1, 0.15) is 0 Å². The summed E-state index contributed by atoms with van der Waals surface area (Å²) in [6.07, 6.45) is 2.89. The first-order valence-corrected chi connectivity index (χ1v) is 7.24. The van der Waals surface area contributed by atoms with Gasteiger partial charge in [-0.25, -0.2) is 4.99 Å². The van der Waals surface area contributed by atoms with Crippen LogP contribution in [0.3, 0.4) is 0 Å². The van der Waals surface area contributed by atoms with E-state index in [1.54, 1.807) is 10.9 Å². The fraction of sp³-hybridized carbons (Fsp3) is 0.375. The van der Waals surface area contributed by atoms with Crippen LogP contribution in [0.5, 0.6) is 0 Å². The number of nitrogens with two attached hydrogens (primary N) is 1. The molecule has 1 aromatic carbocycles. The van der Waals surface area contributed by atoms with Crippen molar-refractivity contribution in [2.75, 3.05) is 5.32 Å². The van der Waals surface area contributed by atoms with Crippen molar-refractivity contribution in [3.05, 3.63) is 47.8 Å². The fourth-order valence-corrected chi connectivity index (χ4v) is 2.04.